The number of fused-ring (bicyclic) bond motifs is 1. The molecule has 0 atom stereocenters. The topological polar surface area (TPSA) is 17.0 Å². The summed E-state index contributed by atoms with van der Waals surface area (Å²) in [5, 5.41) is 5.15. The molecular weight excluding hydrogens is 292 g/mol. The molecule has 2 heteroatoms. The van der Waals surface area contributed by atoms with Crippen LogP contribution in [0.1, 0.15) is 42.4 Å². The number of hydrogen-bond acceptors (Lipinski definition) is 1. The summed E-state index contributed by atoms with van der Waals surface area (Å²) in [6.07, 6.45) is 7.78. The lowest BCUT2D eigenvalue weighted by atomic mass is 10.1. The van der Waals surface area contributed by atoms with E-state index in [4.69, 9.17) is 0 Å². The third kappa shape index (κ3) is 3.11. The van der Waals surface area contributed by atoms with Crippen LogP contribution in [-0.4, -0.2) is 10.6 Å². The third-order valence-corrected chi connectivity index (χ3v) is 5.41. The zero-order valence-electron chi connectivity index (χ0n) is 14.5. The minimum absolute atomic E-state index is 0.712. The Labute approximate surface area is 144 Å². The van der Waals surface area contributed by atoms with E-state index in [0.29, 0.717) is 6.04 Å². The molecule has 124 valence electrons. The molecule has 0 aliphatic heterocycles. The van der Waals surface area contributed by atoms with Gasteiger partial charge in [-0.15, -0.1) is 0 Å². The normalized spacial score (nSPS) is 15.4. The third-order valence-electron chi connectivity index (χ3n) is 5.41. The van der Waals surface area contributed by atoms with E-state index in [1.54, 1.807) is 0 Å². The summed E-state index contributed by atoms with van der Waals surface area (Å²) in [4.78, 5) is 0. The quantitative estimate of drug-likeness (QED) is 0.698. The lowest BCUT2D eigenvalue weighted by molar-refractivity contribution is 0.525. The van der Waals surface area contributed by atoms with Gasteiger partial charge in [-0.3, -0.25) is 0 Å². The Morgan fingerprint density at radius 2 is 1.71 bits per heavy atom. The Morgan fingerprint density at radius 3 is 2.54 bits per heavy atom. The lowest BCUT2D eigenvalue weighted by Crippen LogP contribution is -2.25. The van der Waals surface area contributed by atoms with E-state index in [1.807, 2.05) is 0 Å². The number of aromatic nitrogens is 1. The van der Waals surface area contributed by atoms with Crippen LogP contribution in [0.25, 0.3) is 10.9 Å². The Balaban J connectivity index is 1.62. The Kier molecular flexibility index (Phi) is 4.40. The van der Waals surface area contributed by atoms with Crippen molar-refractivity contribution >= 4 is 10.9 Å². The predicted molar refractivity (Wildman–Crippen MR) is 101 cm³/mol. The van der Waals surface area contributed by atoms with Crippen LogP contribution in [0.2, 0.25) is 0 Å². The Bertz CT molecular complexity index is 825. The molecule has 0 saturated heterocycles. The molecule has 0 radical (unpaired) electrons. The minimum Gasteiger partial charge on any atom is -0.343 e. The van der Waals surface area contributed by atoms with Crippen LogP contribution < -0.4 is 5.32 Å². The van der Waals surface area contributed by atoms with Gasteiger partial charge in [-0.1, -0.05) is 55.3 Å². The van der Waals surface area contributed by atoms with Gasteiger partial charge in [0.1, 0.15) is 0 Å². The van der Waals surface area contributed by atoms with Gasteiger partial charge in [0.15, 0.2) is 0 Å². The summed E-state index contributed by atoms with van der Waals surface area (Å²) in [7, 11) is 0. The molecule has 24 heavy (non-hydrogen) atoms. The van der Waals surface area contributed by atoms with Crippen molar-refractivity contribution in [2.45, 2.75) is 51.7 Å². The fourth-order valence-corrected chi connectivity index (χ4v) is 3.95. The molecule has 1 aliphatic rings. The van der Waals surface area contributed by atoms with Gasteiger partial charge >= 0.3 is 0 Å². The molecule has 2 nitrogen and oxygen atoms in total. The summed E-state index contributed by atoms with van der Waals surface area (Å²) in [6.45, 7) is 4.12. The predicted octanol–water partition coefficient (Wildman–Crippen LogP) is 5.03. The van der Waals surface area contributed by atoms with Gasteiger partial charge in [-0.2, -0.15) is 0 Å². The van der Waals surface area contributed by atoms with Gasteiger partial charge in [0.05, 0.1) is 0 Å². The number of aryl methyl sites for hydroxylation is 1. The van der Waals surface area contributed by atoms with E-state index in [-0.39, 0.29) is 0 Å². The standard InChI is InChI=1S/C22H26N2/c1-17-8-2-3-9-18(17)15-24-16-19(14-23-20-10-4-5-11-20)21-12-6-7-13-22(21)24/h2-3,6-9,12-13,16,20,23H,4-5,10-11,14-15H2,1H3. The Hall–Kier alpha value is -2.06. The molecule has 0 amide bonds. The maximum absolute atomic E-state index is 3.77. The fraction of sp³-hybridized carbons (Fsp3) is 0.364. The first-order chi connectivity index (χ1) is 11.8. The number of nitrogens with zero attached hydrogens (tertiary/aromatic N) is 1. The second kappa shape index (κ2) is 6.82. The average Bonchev–Trinajstić information content (AvgIpc) is 3.24. The van der Waals surface area contributed by atoms with Crippen LogP contribution >= 0.6 is 0 Å². The van der Waals surface area contributed by atoms with Crippen molar-refractivity contribution < 1.29 is 0 Å². The number of nitrogens with one attached hydrogen (secondary N) is 1. The summed E-state index contributed by atoms with van der Waals surface area (Å²) in [5.74, 6) is 0. The zero-order chi connectivity index (χ0) is 16.4. The number of benzene rings is 2. The molecule has 2 aromatic carbocycles. The first-order valence-electron chi connectivity index (χ1n) is 9.16. The number of para-hydroxylation sites is 1. The molecule has 1 heterocycles. The lowest BCUT2D eigenvalue weighted by Gasteiger charge is -2.11. The van der Waals surface area contributed by atoms with Crippen molar-refractivity contribution in [1.82, 2.24) is 9.88 Å². The van der Waals surface area contributed by atoms with Gasteiger partial charge in [-0.05, 0) is 42.5 Å². The SMILES string of the molecule is Cc1ccccc1Cn1cc(CNC2CCCC2)c2ccccc21. The summed E-state index contributed by atoms with van der Waals surface area (Å²) >= 11 is 0. The highest BCUT2D eigenvalue weighted by atomic mass is 15.0. The molecule has 1 saturated carbocycles. The average molecular weight is 318 g/mol. The Morgan fingerprint density at radius 1 is 0.958 bits per heavy atom. The van der Waals surface area contributed by atoms with Crippen molar-refractivity contribution in [3.8, 4) is 0 Å². The fourth-order valence-electron chi connectivity index (χ4n) is 3.95. The van der Waals surface area contributed by atoms with Gasteiger partial charge in [0.2, 0.25) is 0 Å². The largest absolute Gasteiger partial charge is 0.343 e. The molecule has 0 unspecified atom stereocenters. The van der Waals surface area contributed by atoms with Crippen LogP contribution in [0.5, 0.6) is 0 Å². The molecule has 1 aromatic heterocycles. The molecule has 1 aliphatic carbocycles. The van der Waals surface area contributed by atoms with Crippen molar-refractivity contribution in [3.63, 3.8) is 0 Å². The molecule has 1 fully saturated rings. The molecule has 0 spiro atoms. The molecule has 1 N–H and O–H groups in total. The first-order valence-corrected chi connectivity index (χ1v) is 9.16. The second-order valence-corrected chi connectivity index (χ2v) is 7.09. The van der Waals surface area contributed by atoms with Gasteiger partial charge in [0.25, 0.3) is 0 Å². The minimum atomic E-state index is 0.712. The van der Waals surface area contributed by atoms with Crippen molar-refractivity contribution in [2.75, 3.05) is 0 Å². The van der Waals surface area contributed by atoms with E-state index >= 15 is 0 Å². The van der Waals surface area contributed by atoms with Crippen LogP contribution in [-0.2, 0) is 13.1 Å². The van der Waals surface area contributed by atoms with E-state index in [0.717, 1.165) is 13.1 Å². The zero-order valence-corrected chi connectivity index (χ0v) is 14.5. The highest BCUT2D eigenvalue weighted by Gasteiger charge is 2.15. The number of hydrogen-bond donors (Lipinski definition) is 1. The molecule has 0 bridgehead atoms. The second-order valence-electron chi connectivity index (χ2n) is 7.09. The summed E-state index contributed by atoms with van der Waals surface area (Å²) < 4.78 is 2.41. The van der Waals surface area contributed by atoms with E-state index in [9.17, 15) is 0 Å². The van der Waals surface area contributed by atoms with Crippen LogP contribution in [0.3, 0.4) is 0 Å². The number of rotatable bonds is 5. The summed E-state index contributed by atoms with van der Waals surface area (Å²) in [5.41, 5.74) is 5.52. The molecular formula is C22H26N2. The van der Waals surface area contributed by atoms with Crippen molar-refractivity contribution in [1.29, 1.82) is 0 Å². The van der Waals surface area contributed by atoms with E-state index in [2.05, 4.69) is 71.5 Å². The smallest absolute Gasteiger partial charge is 0.0486 e. The van der Waals surface area contributed by atoms with Gasteiger partial charge < -0.3 is 9.88 Å². The van der Waals surface area contributed by atoms with Crippen LogP contribution in [0.15, 0.2) is 54.7 Å². The van der Waals surface area contributed by atoms with Gasteiger partial charge in [0, 0.05) is 36.2 Å². The first kappa shape index (κ1) is 15.5. The van der Waals surface area contributed by atoms with Crippen LogP contribution in [0.4, 0.5) is 0 Å². The maximum atomic E-state index is 3.77. The molecule has 3 aromatic rings. The molecule has 4 rings (SSSR count). The van der Waals surface area contributed by atoms with Crippen molar-refractivity contribution in [2.24, 2.45) is 0 Å². The van der Waals surface area contributed by atoms with E-state index in [1.165, 1.54) is 53.3 Å². The monoisotopic (exact) mass is 318 g/mol. The summed E-state index contributed by atoms with van der Waals surface area (Å²) in [6, 6.07) is 18.2. The maximum Gasteiger partial charge on any atom is 0.0486 e. The van der Waals surface area contributed by atoms with Gasteiger partial charge in [-0.25, -0.2) is 0 Å². The highest BCUT2D eigenvalue weighted by molar-refractivity contribution is 5.84. The van der Waals surface area contributed by atoms with Crippen molar-refractivity contribution in [3.05, 3.63) is 71.4 Å². The van der Waals surface area contributed by atoms with Crippen LogP contribution in [0, 0.1) is 6.92 Å². The van der Waals surface area contributed by atoms with E-state index < -0.39 is 0 Å². The highest BCUT2D eigenvalue weighted by Crippen LogP contribution is 2.24.